The van der Waals surface area contributed by atoms with Crippen LogP contribution in [-0.4, -0.2) is 46.0 Å². The van der Waals surface area contributed by atoms with Gasteiger partial charge in [0.15, 0.2) is 0 Å². The molecule has 0 aliphatic carbocycles. The maximum atomic E-state index is 5.23. The third-order valence-electron chi connectivity index (χ3n) is 1.92. The van der Waals surface area contributed by atoms with E-state index in [-0.39, 0.29) is 0 Å². The predicted octanol–water partition coefficient (Wildman–Crippen LogP) is -0.432. The molecule has 1 aliphatic rings. The van der Waals surface area contributed by atoms with Crippen LogP contribution < -0.4 is 0 Å². The molecule has 0 unspecified atom stereocenters. The second-order valence-electron chi connectivity index (χ2n) is 2.81. The standard InChI is InChI=1S/C7H12N4O/c1-3-12-4-2-10(1)7-11-6-8-5-9-11/h5-6H,1-4,7H2. The van der Waals surface area contributed by atoms with Crippen LogP contribution in [0.15, 0.2) is 12.7 Å². The number of aromatic nitrogens is 3. The molecule has 0 amide bonds. The zero-order chi connectivity index (χ0) is 8.23. The van der Waals surface area contributed by atoms with E-state index in [1.165, 1.54) is 0 Å². The molecule has 1 aliphatic heterocycles. The first-order valence-corrected chi connectivity index (χ1v) is 4.08. The van der Waals surface area contributed by atoms with Crippen molar-refractivity contribution in [2.24, 2.45) is 0 Å². The van der Waals surface area contributed by atoms with Gasteiger partial charge in [-0.05, 0) is 0 Å². The van der Waals surface area contributed by atoms with Crippen LogP contribution in [0, 0.1) is 0 Å². The molecule has 0 radical (unpaired) electrons. The Hall–Kier alpha value is -0.940. The van der Waals surface area contributed by atoms with Gasteiger partial charge in [-0.2, -0.15) is 5.10 Å². The van der Waals surface area contributed by atoms with Crippen molar-refractivity contribution in [2.75, 3.05) is 26.3 Å². The molecule has 12 heavy (non-hydrogen) atoms. The Morgan fingerprint density at radius 1 is 1.33 bits per heavy atom. The van der Waals surface area contributed by atoms with Gasteiger partial charge in [0.25, 0.3) is 0 Å². The van der Waals surface area contributed by atoms with Crippen molar-refractivity contribution < 1.29 is 4.74 Å². The fourth-order valence-corrected chi connectivity index (χ4v) is 1.25. The molecular formula is C7H12N4O. The summed E-state index contributed by atoms with van der Waals surface area (Å²) in [4.78, 5) is 6.17. The number of morpholine rings is 1. The highest BCUT2D eigenvalue weighted by Gasteiger charge is 2.09. The van der Waals surface area contributed by atoms with Gasteiger partial charge in [-0.15, -0.1) is 0 Å². The van der Waals surface area contributed by atoms with E-state index in [9.17, 15) is 0 Å². The minimum atomic E-state index is 0.823. The predicted molar refractivity (Wildman–Crippen MR) is 42.4 cm³/mol. The highest BCUT2D eigenvalue weighted by atomic mass is 16.5. The lowest BCUT2D eigenvalue weighted by molar-refractivity contribution is 0.0212. The van der Waals surface area contributed by atoms with E-state index in [1.54, 1.807) is 12.7 Å². The molecule has 0 bridgehead atoms. The molecule has 1 fully saturated rings. The maximum absolute atomic E-state index is 5.23. The average Bonchev–Trinajstić information content (AvgIpc) is 2.59. The number of rotatable bonds is 2. The topological polar surface area (TPSA) is 43.2 Å². The van der Waals surface area contributed by atoms with Crippen molar-refractivity contribution in [3.63, 3.8) is 0 Å². The Labute approximate surface area is 71.0 Å². The summed E-state index contributed by atoms with van der Waals surface area (Å²) in [5, 5.41) is 4.03. The van der Waals surface area contributed by atoms with E-state index >= 15 is 0 Å². The van der Waals surface area contributed by atoms with Gasteiger partial charge in [0.1, 0.15) is 12.7 Å². The van der Waals surface area contributed by atoms with Crippen LogP contribution in [-0.2, 0) is 11.4 Å². The highest BCUT2D eigenvalue weighted by molar-refractivity contribution is 4.61. The average molecular weight is 168 g/mol. The van der Waals surface area contributed by atoms with E-state index in [0.29, 0.717) is 0 Å². The molecule has 0 N–H and O–H groups in total. The number of hydrogen-bond donors (Lipinski definition) is 0. The van der Waals surface area contributed by atoms with Gasteiger partial charge in [0.2, 0.25) is 0 Å². The monoisotopic (exact) mass is 168 g/mol. The summed E-state index contributed by atoms with van der Waals surface area (Å²) in [5.41, 5.74) is 0. The molecule has 1 aromatic heterocycles. The lowest BCUT2D eigenvalue weighted by atomic mass is 10.4. The molecule has 2 heterocycles. The van der Waals surface area contributed by atoms with Crippen LogP contribution in [0.25, 0.3) is 0 Å². The minimum absolute atomic E-state index is 0.823. The molecule has 0 atom stereocenters. The normalized spacial score (nSPS) is 19.7. The summed E-state index contributed by atoms with van der Waals surface area (Å²) in [7, 11) is 0. The van der Waals surface area contributed by atoms with Crippen molar-refractivity contribution in [3.8, 4) is 0 Å². The Kier molecular flexibility index (Phi) is 2.33. The third-order valence-corrected chi connectivity index (χ3v) is 1.92. The van der Waals surface area contributed by atoms with Gasteiger partial charge in [-0.1, -0.05) is 0 Å². The zero-order valence-corrected chi connectivity index (χ0v) is 6.89. The fourth-order valence-electron chi connectivity index (χ4n) is 1.25. The summed E-state index contributed by atoms with van der Waals surface area (Å²) >= 11 is 0. The summed E-state index contributed by atoms with van der Waals surface area (Å²) < 4.78 is 7.06. The molecule has 2 rings (SSSR count). The van der Waals surface area contributed by atoms with Gasteiger partial charge in [0.05, 0.1) is 19.9 Å². The van der Waals surface area contributed by atoms with Gasteiger partial charge in [-0.25, -0.2) is 9.67 Å². The van der Waals surface area contributed by atoms with Crippen molar-refractivity contribution in [2.45, 2.75) is 6.67 Å². The highest BCUT2D eigenvalue weighted by Crippen LogP contribution is 1.97. The Bertz CT molecular complexity index is 217. The van der Waals surface area contributed by atoms with Crippen LogP contribution in [0.3, 0.4) is 0 Å². The lowest BCUT2D eigenvalue weighted by Crippen LogP contribution is -2.37. The van der Waals surface area contributed by atoms with Gasteiger partial charge >= 0.3 is 0 Å². The molecule has 0 aromatic carbocycles. The van der Waals surface area contributed by atoms with Gasteiger partial charge in [0, 0.05) is 13.1 Å². The second-order valence-corrected chi connectivity index (χ2v) is 2.81. The fraction of sp³-hybridized carbons (Fsp3) is 0.714. The largest absolute Gasteiger partial charge is 0.379 e. The SMILES string of the molecule is c1ncn(CN2CCOCC2)n1. The van der Waals surface area contributed by atoms with Crippen LogP contribution in [0.5, 0.6) is 0 Å². The van der Waals surface area contributed by atoms with Crippen molar-refractivity contribution in [1.82, 2.24) is 19.7 Å². The van der Waals surface area contributed by atoms with Crippen LogP contribution in [0.4, 0.5) is 0 Å². The van der Waals surface area contributed by atoms with E-state index in [0.717, 1.165) is 33.0 Å². The van der Waals surface area contributed by atoms with Crippen LogP contribution >= 0.6 is 0 Å². The summed E-state index contributed by atoms with van der Waals surface area (Å²) in [6, 6.07) is 0. The number of nitrogens with zero attached hydrogens (tertiary/aromatic N) is 4. The van der Waals surface area contributed by atoms with E-state index in [2.05, 4.69) is 15.0 Å². The lowest BCUT2D eigenvalue weighted by Gasteiger charge is -2.25. The molecule has 1 aromatic rings. The second kappa shape index (κ2) is 3.64. The first-order valence-electron chi connectivity index (χ1n) is 4.08. The first kappa shape index (κ1) is 7.70. The summed E-state index contributed by atoms with van der Waals surface area (Å²) in [5.74, 6) is 0. The van der Waals surface area contributed by atoms with E-state index in [1.807, 2.05) is 4.68 Å². The van der Waals surface area contributed by atoms with Crippen molar-refractivity contribution in [3.05, 3.63) is 12.7 Å². The molecule has 5 heteroatoms. The molecule has 5 nitrogen and oxygen atoms in total. The molecule has 0 spiro atoms. The molecule has 66 valence electrons. The first-order chi connectivity index (χ1) is 5.95. The van der Waals surface area contributed by atoms with Gasteiger partial charge < -0.3 is 4.74 Å². The van der Waals surface area contributed by atoms with E-state index < -0.39 is 0 Å². The summed E-state index contributed by atoms with van der Waals surface area (Å²) in [6.45, 7) is 4.45. The number of ether oxygens (including phenoxy) is 1. The quantitative estimate of drug-likeness (QED) is 0.601. The Balaban J connectivity index is 1.86. The summed E-state index contributed by atoms with van der Waals surface area (Å²) in [6.07, 6.45) is 3.29. The van der Waals surface area contributed by atoms with Crippen LogP contribution in [0.2, 0.25) is 0 Å². The van der Waals surface area contributed by atoms with Crippen molar-refractivity contribution in [1.29, 1.82) is 0 Å². The smallest absolute Gasteiger partial charge is 0.137 e. The Morgan fingerprint density at radius 2 is 2.17 bits per heavy atom. The van der Waals surface area contributed by atoms with Crippen LogP contribution in [0.1, 0.15) is 0 Å². The van der Waals surface area contributed by atoms with E-state index in [4.69, 9.17) is 4.74 Å². The van der Waals surface area contributed by atoms with Crippen molar-refractivity contribution >= 4 is 0 Å². The minimum Gasteiger partial charge on any atom is -0.379 e. The van der Waals surface area contributed by atoms with Gasteiger partial charge in [-0.3, -0.25) is 4.90 Å². The number of hydrogen-bond acceptors (Lipinski definition) is 4. The molecule has 1 saturated heterocycles. The zero-order valence-electron chi connectivity index (χ0n) is 6.89. The molecule has 0 saturated carbocycles. The third kappa shape index (κ3) is 1.80. The molecular weight excluding hydrogens is 156 g/mol. The Morgan fingerprint density at radius 3 is 2.83 bits per heavy atom. The maximum Gasteiger partial charge on any atom is 0.137 e.